The molecule has 96 valence electrons. The monoisotopic (exact) mass is 262 g/mol. The fourth-order valence-corrected chi connectivity index (χ4v) is 2.57. The summed E-state index contributed by atoms with van der Waals surface area (Å²) in [5, 5.41) is 15.8. The number of likely N-dealkylation sites (N-methyl/N-ethyl adjacent to an activating group) is 1. The van der Waals surface area contributed by atoms with Crippen LogP contribution in [-0.2, 0) is 12.8 Å². The van der Waals surface area contributed by atoms with E-state index in [4.69, 9.17) is 0 Å². The number of benzene rings is 1. The number of aromatic nitrogens is 1. The molecule has 0 amide bonds. The second-order valence-electron chi connectivity index (χ2n) is 4.42. The highest BCUT2D eigenvalue weighted by molar-refractivity contribution is 7.09. The first kappa shape index (κ1) is 13.1. The van der Waals surface area contributed by atoms with Crippen LogP contribution in [0.2, 0.25) is 0 Å². The third-order valence-corrected chi connectivity index (χ3v) is 3.77. The lowest BCUT2D eigenvalue weighted by molar-refractivity contribution is 0.474. The second-order valence-corrected chi connectivity index (χ2v) is 5.48. The molecule has 18 heavy (non-hydrogen) atoms. The molecule has 4 heteroatoms. The van der Waals surface area contributed by atoms with Gasteiger partial charge in [0.25, 0.3) is 0 Å². The van der Waals surface area contributed by atoms with E-state index >= 15 is 0 Å². The molecule has 0 saturated heterocycles. The predicted molar refractivity (Wildman–Crippen MR) is 75.2 cm³/mol. The minimum atomic E-state index is 0.315. The van der Waals surface area contributed by atoms with Crippen molar-refractivity contribution in [3.05, 3.63) is 45.9 Å². The topological polar surface area (TPSA) is 45.1 Å². The summed E-state index contributed by atoms with van der Waals surface area (Å²) in [6.07, 6.45) is 1.87. The maximum absolute atomic E-state index is 9.26. The highest BCUT2D eigenvalue weighted by atomic mass is 32.1. The maximum atomic E-state index is 9.26. The Labute approximate surface area is 112 Å². The highest BCUT2D eigenvalue weighted by Crippen LogP contribution is 2.14. The van der Waals surface area contributed by atoms with E-state index in [1.165, 1.54) is 5.56 Å². The lowest BCUT2D eigenvalue weighted by Gasteiger charge is -2.15. The van der Waals surface area contributed by atoms with Crippen LogP contribution >= 0.6 is 11.3 Å². The molecule has 1 unspecified atom stereocenters. The molecular weight excluding hydrogens is 244 g/mol. The molecule has 0 aliphatic heterocycles. The van der Waals surface area contributed by atoms with Crippen LogP contribution in [0.4, 0.5) is 0 Å². The summed E-state index contributed by atoms with van der Waals surface area (Å²) in [4.78, 5) is 4.49. The summed E-state index contributed by atoms with van der Waals surface area (Å²) in [7, 11) is 1.98. The number of hydrogen-bond acceptors (Lipinski definition) is 4. The third kappa shape index (κ3) is 3.55. The van der Waals surface area contributed by atoms with Crippen molar-refractivity contribution in [3.63, 3.8) is 0 Å². The third-order valence-electron chi connectivity index (χ3n) is 2.95. The number of nitrogens with one attached hydrogen (secondary N) is 1. The molecule has 0 spiro atoms. The Morgan fingerprint density at radius 2 is 2.00 bits per heavy atom. The molecule has 1 aromatic heterocycles. The summed E-state index contributed by atoms with van der Waals surface area (Å²) >= 11 is 1.69. The number of phenolic OH excluding ortho intramolecular Hbond substituents is 1. The van der Waals surface area contributed by atoms with Crippen molar-refractivity contribution < 1.29 is 5.11 Å². The standard InChI is InChI=1S/C14H18N2OS/c1-10-16-13(9-18-10)8-12(15-2)7-11-3-5-14(17)6-4-11/h3-6,9,12,15,17H,7-8H2,1-2H3. The molecule has 2 aromatic rings. The van der Waals surface area contributed by atoms with Crippen molar-refractivity contribution in [2.75, 3.05) is 7.05 Å². The molecule has 3 nitrogen and oxygen atoms in total. The van der Waals surface area contributed by atoms with E-state index in [1.54, 1.807) is 23.5 Å². The molecule has 1 atom stereocenters. The highest BCUT2D eigenvalue weighted by Gasteiger charge is 2.10. The van der Waals surface area contributed by atoms with Crippen LogP contribution < -0.4 is 5.32 Å². The summed E-state index contributed by atoms with van der Waals surface area (Å²) in [5.74, 6) is 0.315. The summed E-state index contributed by atoms with van der Waals surface area (Å²) in [5.41, 5.74) is 2.37. The van der Waals surface area contributed by atoms with E-state index in [1.807, 2.05) is 26.1 Å². The number of hydrogen-bond donors (Lipinski definition) is 2. The van der Waals surface area contributed by atoms with Crippen molar-refractivity contribution in [1.82, 2.24) is 10.3 Å². The lowest BCUT2D eigenvalue weighted by atomic mass is 10.0. The number of aromatic hydroxyl groups is 1. The first-order valence-electron chi connectivity index (χ1n) is 6.03. The number of thiazole rings is 1. The Morgan fingerprint density at radius 1 is 1.28 bits per heavy atom. The zero-order valence-corrected chi connectivity index (χ0v) is 11.5. The van der Waals surface area contributed by atoms with E-state index in [9.17, 15) is 5.11 Å². The molecule has 2 N–H and O–H groups in total. The number of phenols is 1. The van der Waals surface area contributed by atoms with Gasteiger partial charge in [-0.15, -0.1) is 11.3 Å². The largest absolute Gasteiger partial charge is 0.508 e. The molecule has 0 bridgehead atoms. The van der Waals surface area contributed by atoms with Gasteiger partial charge in [-0.3, -0.25) is 0 Å². The summed E-state index contributed by atoms with van der Waals surface area (Å²) < 4.78 is 0. The zero-order chi connectivity index (χ0) is 13.0. The van der Waals surface area contributed by atoms with Crippen LogP contribution in [0.15, 0.2) is 29.6 Å². The van der Waals surface area contributed by atoms with Gasteiger partial charge in [0.05, 0.1) is 10.7 Å². The van der Waals surface area contributed by atoms with Gasteiger partial charge >= 0.3 is 0 Å². The van der Waals surface area contributed by atoms with E-state index in [0.29, 0.717) is 11.8 Å². The summed E-state index contributed by atoms with van der Waals surface area (Å²) in [6.45, 7) is 2.03. The quantitative estimate of drug-likeness (QED) is 0.870. The SMILES string of the molecule is CNC(Cc1ccc(O)cc1)Cc1csc(C)n1. The van der Waals surface area contributed by atoms with Crippen LogP contribution in [0.25, 0.3) is 0 Å². The van der Waals surface area contributed by atoms with Gasteiger partial charge in [-0.05, 0) is 38.1 Å². The van der Waals surface area contributed by atoms with Gasteiger partial charge in [0, 0.05) is 17.8 Å². The van der Waals surface area contributed by atoms with Gasteiger partial charge in [0.15, 0.2) is 0 Å². The smallest absolute Gasteiger partial charge is 0.115 e. The molecule has 0 radical (unpaired) electrons. The van der Waals surface area contributed by atoms with Gasteiger partial charge in [0.1, 0.15) is 5.75 Å². The van der Waals surface area contributed by atoms with E-state index < -0.39 is 0 Å². The molecule has 0 saturated carbocycles. The van der Waals surface area contributed by atoms with Crippen molar-refractivity contribution in [2.45, 2.75) is 25.8 Å². The minimum Gasteiger partial charge on any atom is -0.508 e. The lowest BCUT2D eigenvalue weighted by Crippen LogP contribution is -2.30. The number of aryl methyl sites for hydroxylation is 1. The number of rotatable bonds is 5. The van der Waals surface area contributed by atoms with E-state index in [2.05, 4.69) is 15.7 Å². The summed E-state index contributed by atoms with van der Waals surface area (Å²) in [6, 6.07) is 7.76. The van der Waals surface area contributed by atoms with Crippen molar-refractivity contribution in [3.8, 4) is 5.75 Å². The Bertz CT molecular complexity index is 493. The van der Waals surface area contributed by atoms with Crippen molar-refractivity contribution in [2.24, 2.45) is 0 Å². The molecule has 1 aromatic carbocycles. The zero-order valence-electron chi connectivity index (χ0n) is 10.7. The van der Waals surface area contributed by atoms with Crippen LogP contribution in [0.3, 0.4) is 0 Å². The second kappa shape index (κ2) is 5.98. The van der Waals surface area contributed by atoms with Gasteiger partial charge in [-0.2, -0.15) is 0 Å². The first-order chi connectivity index (χ1) is 8.67. The Morgan fingerprint density at radius 3 is 2.56 bits per heavy atom. The van der Waals surface area contributed by atoms with Crippen molar-refractivity contribution >= 4 is 11.3 Å². The average Bonchev–Trinajstić information content (AvgIpc) is 2.77. The Kier molecular flexibility index (Phi) is 4.33. The molecule has 0 fully saturated rings. The first-order valence-corrected chi connectivity index (χ1v) is 6.91. The average molecular weight is 262 g/mol. The molecular formula is C14H18N2OS. The van der Waals surface area contributed by atoms with Gasteiger partial charge in [-0.25, -0.2) is 4.98 Å². The normalized spacial score (nSPS) is 12.6. The Balaban J connectivity index is 1.99. The Hall–Kier alpha value is -1.39. The molecule has 0 aliphatic rings. The van der Waals surface area contributed by atoms with Crippen molar-refractivity contribution in [1.29, 1.82) is 0 Å². The van der Waals surface area contributed by atoms with Gasteiger partial charge in [-0.1, -0.05) is 12.1 Å². The minimum absolute atomic E-state index is 0.315. The molecule has 0 aliphatic carbocycles. The fourth-order valence-electron chi connectivity index (χ4n) is 1.95. The van der Waals surface area contributed by atoms with Crippen LogP contribution in [0.5, 0.6) is 5.75 Å². The fraction of sp³-hybridized carbons (Fsp3) is 0.357. The maximum Gasteiger partial charge on any atom is 0.115 e. The predicted octanol–water partition coefficient (Wildman–Crippen LogP) is 2.53. The molecule has 1 heterocycles. The van der Waals surface area contributed by atoms with Crippen LogP contribution in [0.1, 0.15) is 16.3 Å². The number of nitrogens with zero attached hydrogens (tertiary/aromatic N) is 1. The van der Waals surface area contributed by atoms with Gasteiger partial charge < -0.3 is 10.4 Å². The van der Waals surface area contributed by atoms with Crippen LogP contribution in [0, 0.1) is 6.92 Å². The van der Waals surface area contributed by atoms with Gasteiger partial charge in [0.2, 0.25) is 0 Å². The molecule has 2 rings (SSSR count). The van der Waals surface area contributed by atoms with E-state index in [-0.39, 0.29) is 0 Å². The van der Waals surface area contributed by atoms with E-state index in [0.717, 1.165) is 23.5 Å². The van der Waals surface area contributed by atoms with Crippen LogP contribution in [-0.4, -0.2) is 23.2 Å².